The number of hydrogen-bond donors (Lipinski definition) is 1. The van der Waals surface area contributed by atoms with E-state index in [-0.39, 0.29) is 0 Å². The molecule has 0 fully saturated rings. The molecule has 0 bridgehead atoms. The monoisotopic (exact) mass is 86.1 g/mol. The molecule has 0 aliphatic rings. The van der Waals surface area contributed by atoms with Gasteiger partial charge in [-0.25, -0.2) is 0 Å². The highest BCUT2D eigenvalue weighted by atomic mass is 16.3. The van der Waals surface area contributed by atoms with Crippen LogP contribution in [-0.2, 0) is 0 Å². The van der Waals surface area contributed by atoms with Crippen molar-refractivity contribution < 1.29 is 5.11 Å². The van der Waals surface area contributed by atoms with E-state index in [2.05, 4.69) is 0 Å². The van der Waals surface area contributed by atoms with Gasteiger partial charge in [-0.3, -0.25) is 0 Å². The predicted molar refractivity (Wildman–Crippen MR) is 26.7 cm³/mol. The van der Waals surface area contributed by atoms with Crippen molar-refractivity contribution in [3.05, 3.63) is 11.8 Å². The second-order valence-electron chi connectivity index (χ2n) is 1.13. The topological polar surface area (TPSA) is 20.2 Å². The summed E-state index contributed by atoms with van der Waals surface area (Å²) in [7, 11) is 0. The Hall–Kier alpha value is -0.460. The van der Waals surface area contributed by atoms with E-state index in [0.717, 1.165) is 6.42 Å². The molecule has 0 saturated carbocycles. The molecule has 6 heavy (non-hydrogen) atoms. The van der Waals surface area contributed by atoms with E-state index in [0.29, 0.717) is 5.76 Å². The number of aliphatic hydroxyl groups excluding tert-OH is 1. The first-order chi connectivity index (χ1) is 2.81. The van der Waals surface area contributed by atoms with E-state index in [1.807, 2.05) is 13.8 Å². The molecule has 0 atom stereocenters. The summed E-state index contributed by atoms with van der Waals surface area (Å²) in [4.78, 5) is 0. The van der Waals surface area contributed by atoms with Crippen molar-refractivity contribution in [2.75, 3.05) is 0 Å². The number of hydrogen-bond acceptors (Lipinski definition) is 1. The Morgan fingerprint density at radius 3 is 2.33 bits per heavy atom. The first-order valence-electron chi connectivity index (χ1n) is 2.15. The zero-order chi connectivity index (χ0) is 4.99. The number of rotatable bonds is 1. The molecular weight excluding hydrogens is 76.1 g/mol. The second kappa shape index (κ2) is 2.76. The van der Waals surface area contributed by atoms with Crippen molar-refractivity contribution in [1.82, 2.24) is 0 Å². The maximum atomic E-state index is 8.53. The van der Waals surface area contributed by atoms with Crippen LogP contribution in [-0.4, -0.2) is 5.11 Å². The molecule has 0 aliphatic carbocycles. The van der Waals surface area contributed by atoms with Crippen LogP contribution in [0.25, 0.3) is 0 Å². The number of aliphatic hydroxyl groups is 1. The lowest BCUT2D eigenvalue weighted by atomic mass is 10.4. The van der Waals surface area contributed by atoms with E-state index in [1.165, 1.54) is 0 Å². The molecule has 0 aromatic heterocycles. The third-order valence-electron chi connectivity index (χ3n) is 0.695. The van der Waals surface area contributed by atoms with Crippen LogP contribution in [0.4, 0.5) is 0 Å². The van der Waals surface area contributed by atoms with E-state index >= 15 is 0 Å². The lowest BCUT2D eigenvalue weighted by Crippen LogP contribution is -1.70. The van der Waals surface area contributed by atoms with Gasteiger partial charge in [-0.2, -0.15) is 0 Å². The van der Waals surface area contributed by atoms with Crippen LogP contribution < -0.4 is 0 Å². The molecule has 0 unspecified atom stereocenters. The lowest BCUT2D eigenvalue weighted by molar-refractivity contribution is 0.393. The zero-order valence-electron chi connectivity index (χ0n) is 4.23. The summed E-state index contributed by atoms with van der Waals surface area (Å²) in [5, 5.41) is 8.53. The molecule has 1 N–H and O–H groups in total. The molecule has 0 saturated heterocycles. The second-order valence-corrected chi connectivity index (χ2v) is 1.13. The Morgan fingerprint density at radius 1 is 1.83 bits per heavy atom. The molecule has 0 heterocycles. The number of allylic oxidation sites excluding steroid dienone is 2. The molecule has 1 nitrogen and oxygen atoms in total. The van der Waals surface area contributed by atoms with Gasteiger partial charge in [-0.05, 0) is 13.0 Å². The molecule has 0 aliphatic heterocycles. The molecule has 36 valence electrons. The van der Waals surface area contributed by atoms with Crippen molar-refractivity contribution in [3.8, 4) is 0 Å². The largest absolute Gasteiger partial charge is 0.513 e. The van der Waals surface area contributed by atoms with Gasteiger partial charge < -0.3 is 5.11 Å². The fraction of sp³-hybridized carbons (Fsp3) is 0.600. The summed E-state index contributed by atoms with van der Waals surface area (Å²) in [6.45, 7) is 3.73. The van der Waals surface area contributed by atoms with Gasteiger partial charge in [-0.15, -0.1) is 0 Å². The van der Waals surface area contributed by atoms with Crippen LogP contribution >= 0.6 is 0 Å². The highest BCUT2D eigenvalue weighted by Crippen LogP contribution is 1.89. The van der Waals surface area contributed by atoms with Gasteiger partial charge in [0.05, 0.1) is 5.76 Å². The Labute approximate surface area is 38.3 Å². The standard InChI is InChI=1S/C5H10O/c1-3-5(6)4-2/h3,6H,4H2,1-2H3. The van der Waals surface area contributed by atoms with Crippen LogP contribution in [0.3, 0.4) is 0 Å². The maximum absolute atomic E-state index is 8.53. The highest BCUT2D eigenvalue weighted by Gasteiger charge is 1.76. The molecule has 0 rings (SSSR count). The van der Waals surface area contributed by atoms with Crippen LogP contribution in [0, 0.1) is 0 Å². The normalized spacial score (nSPS) is 12.0. The highest BCUT2D eigenvalue weighted by molar-refractivity contribution is 4.84. The average molecular weight is 86.1 g/mol. The third-order valence-corrected chi connectivity index (χ3v) is 0.695. The zero-order valence-corrected chi connectivity index (χ0v) is 4.23. The van der Waals surface area contributed by atoms with Gasteiger partial charge in [0.2, 0.25) is 0 Å². The van der Waals surface area contributed by atoms with Gasteiger partial charge in [0.15, 0.2) is 0 Å². The first kappa shape index (κ1) is 5.54. The summed E-state index contributed by atoms with van der Waals surface area (Å²) in [5.74, 6) is 0.468. The Balaban J connectivity index is 3.22. The molecule has 0 aromatic carbocycles. The van der Waals surface area contributed by atoms with E-state index < -0.39 is 0 Å². The van der Waals surface area contributed by atoms with Gasteiger partial charge in [0, 0.05) is 6.42 Å². The fourth-order valence-electron chi connectivity index (χ4n) is 0.204. The molecule has 0 amide bonds. The summed E-state index contributed by atoms with van der Waals surface area (Å²) >= 11 is 0. The van der Waals surface area contributed by atoms with Crippen LogP contribution in [0.15, 0.2) is 11.8 Å². The lowest BCUT2D eigenvalue weighted by Gasteiger charge is -1.84. The van der Waals surface area contributed by atoms with Crippen molar-refractivity contribution in [3.63, 3.8) is 0 Å². The SMILES string of the molecule is CC=C(O)CC. The predicted octanol–water partition coefficient (Wildman–Crippen LogP) is 1.86. The van der Waals surface area contributed by atoms with Crippen molar-refractivity contribution >= 4 is 0 Å². The smallest absolute Gasteiger partial charge is 0.0877 e. The molecular formula is C5H10O. The van der Waals surface area contributed by atoms with Gasteiger partial charge in [-0.1, -0.05) is 6.92 Å². The summed E-state index contributed by atoms with van der Waals surface area (Å²) in [6, 6.07) is 0. The maximum Gasteiger partial charge on any atom is 0.0877 e. The Bertz CT molecular complexity index is 55.0. The minimum absolute atomic E-state index is 0.468. The average Bonchev–Trinajstić information content (AvgIpc) is 1.65. The summed E-state index contributed by atoms with van der Waals surface area (Å²) in [6.07, 6.45) is 2.44. The van der Waals surface area contributed by atoms with E-state index in [9.17, 15) is 0 Å². The summed E-state index contributed by atoms with van der Waals surface area (Å²) < 4.78 is 0. The molecule has 0 spiro atoms. The van der Waals surface area contributed by atoms with Gasteiger partial charge in [0.25, 0.3) is 0 Å². The third kappa shape index (κ3) is 1.82. The van der Waals surface area contributed by atoms with Crippen LogP contribution in [0.2, 0.25) is 0 Å². The van der Waals surface area contributed by atoms with E-state index in [4.69, 9.17) is 5.11 Å². The van der Waals surface area contributed by atoms with Gasteiger partial charge in [0.1, 0.15) is 0 Å². The minimum atomic E-state index is 0.468. The van der Waals surface area contributed by atoms with Crippen molar-refractivity contribution in [2.24, 2.45) is 0 Å². The fourth-order valence-corrected chi connectivity index (χ4v) is 0.204. The Kier molecular flexibility index (Phi) is 2.55. The van der Waals surface area contributed by atoms with Gasteiger partial charge >= 0.3 is 0 Å². The minimum Gasteiger partial charge on any atom is -0.513 e. The van der Waals surface area contributed by atoms with Crippen LogP contribution in [0.1, 0.15) is 20.3 Å². The Morgan fingerprint density at radius 2 is 2.33 bits per heavy atom. The molecule has 0 aromatic rings. The van der Waals surface area contributed by atoms with E-state index in [1.54, 1.807) is 6.08 Å². The first-order valence-corrected chi connectivity index (χ1v) is 2.15. The van der Waals surface area contributed by atoms with Crippen molar-refractivity contribution in [1.29, 1.82) is 0 Å². The molecule has 1 heteroatoms. The van der Waals surface area contributed by atoms with Crippen LogP contribution in [0.5, 0.6) is 0 Å². The molecule has 0 radical (unpaired) electrons. The quantitative estimate of drug-likeness (QED) is 0.483. The van der Waals surface area contributed by atoms with Crippen molar-refractivity contribution in [2.45, 2.75) is 20.3 Å². The summed E-state index contributed by atoms with van der Waals surface area (Å²) in [5.41, 5.74) is 0.